The lowest BCUT2D eigenvalue weighted by Gasteiger charge is -2.06. The van der Waals surface area contributed by atoms with Crippen LogP contribution >= 0.6 is 27.5 Å². The summed E-state index contributed by atoms with van der Waals surface area (Å²) in [5.74, 6) is 0.318. The molecule has 0 aliphatic rings. The van der Waals surface area contributed by atoms with Crippen molar-refractivity contribution in [3.63, 3.8) is 0 Å². The third-order valence-corrected chi connectivity index (χ3v) is 5.29. The van der Waals surface area contributed by atoms with Crippen molar-refractivity contribution in [2.45, 2.75) is 6.92 Å². The number of aromatic nitrogens is 1. The zero-order valence-electron chi connectivity index (χ0n) is 14.3. The van der Waals surface area contributed by atoms with E-state index in [-0.39, 0.29) is 5.91 Å². The van der Waals surface area contributed by atoms with Gasteiger partial charge in [-0.2, -0.15) is 0 Å². The second-order valence-electron chi connectivity index (χ2n) is 6.10. The molecule has 1 heterocycles. The zero-order valence-corrected chi connectivity index (χ0v) is 16.6. The summed E-state index contributed by atoms with van der Waals surface area (Å²) in [5, 5.41) is 3.52. The summed E-state index contributed by atoms with van der Waals surface area (Å²) in [6, 6.07) is 18.3. The van der Waals surface area contributed by atoms with E-state index in [9.17, 15) is 4.79 Å². The van der Waals surface area contributed by atoms with Crippen molar-refractivity contribution >= 4 is 50.2 Å². The molecule has 1 aromatic heterocycles. The SMILES string of the molecule is Cc1cc(C(=O)Nc2ccc3oc(-c4ccccc4Br)nc3c2)ccc1Cl. The van der Waals surface area contributed by atoms with Crippen LogP contribution in [0.3, 0.4) is 0 Å². The highest BCUT2D eigenvalue weighted by Gasteiger charge is 2.13. The van der Waals surface area contributed by atoms with Gasteiger partial charge >= 0.3 is 0 Å². The minimum atomic E-state index is -0.205. The number of anilines is 1. The maximum absolute atomic E-state index is 12.5. The highest BCUT2D eigenvalue weighted by molar-refractivity contribution is 9.10. The number of hydrogen-bond acceptors (Lipinski definition) is 3. The summed E-state index contributed by atoms with van der Waals surface area (Å²) in [5.41, 5.74) is 4.25. The maximum Gasteiger partial charge on any atom is 0.255 e. The van der Waals surface area contributed by atoms with E-state index in [4.69, 9.17) is 16.0 Å². The summed E-state index contributed by atoms with van der Waals surface area (Å²) < 4.78 is 6.75. The molecule has 0 unspecified atom stereocenters. The largest absolute Gasteiger partial charge is 0.436 e. The van der Waals surface area contributed by atoms with E-state index in [2.05, 4.69) is 26.2 Å². The van der Waals surface area contributed by atoms with Crippen LogP contribution in [0.15, 0.2) is 69.6 Å². The molecule has 0 radical (unpaired) electrons. The number of benzene rings is 3. The molecule has 0 atom stereocenters. The van der Waals surface area contributed by atoms with Crippen molar-refractivity contribution in [1.29, 1.82) is 0 Å². The van der Waals surface area contributed by atoms with Gasteiger partial charge in [0.2, 0.25) is 5.89 Å². The fourth-order valence-corrected chi connectivity index (χ4v) is 3.32. The van der Waals surface area contributed by atoms with Gasteiger partial charge in [0.05, 0.1) is 5.56 Å². The molecular formula is C21H14BrClN2O2. The molecule has 27 heavy (non-hydrogen) atoms. The van der Waals surface area contributed by atoms with Crippen LogP contribution in [0.2, 0.25) is 5.02 Å². The molecule has 0 spiro atoms. The number of halogens is 2. The van der Waals surface area contributed by atoms with Gasteiger partial charge in [0.15, 0.2) is 5.58 Å². The van der Waals surface area contributed by atoms with Crippen molar-refractivity contribution < 1.29 is 9.21 Å². The highest BCUT2D eigenvalue weighted by atomic mass is 79.9. The zero-order chi connectivity index (χ0) is 19.0. The first-order chi connectivity index (χ1) is 13.0. The van der Waals surface area contributed by atoms with Crippen molar-refractivity contribution in [2.24, 2.45) is 0 Å². The highest BCUT2D eigenvalue weighted by Crippen LogP contribution is 2.31. The third-order valence-electron chi connectivity index (χ3n) is 4.17. The molecule has 4 aromatic rings. The van der Waals surface area contributed by atoms with Crippen LogP contribution in [0.25, 0.3) is 22.6 Å². The molecule has 3 aromatic carbocycles. The molecule has 134 valence electrons. The predicted molar refractivity (Wildman–Crippen MR) is 111 cm³/mol. The molecule has 0 aliphatic heterocycles. The number of carbonyl (C=O) groups excluding carboxylic acids is 1. The summed E-state index contributed by atoms with van der Waals surface area (Å²) >= 11 is 9.53. The van der Waals surface area contributed by atoms with Crippen LogP contribution in [0.5, 0.6) is 0 Å². The number of carbonyl (C=O) groups is 1. The van der Waals surface area contributed by atoms with Crippen LogP contribution in [-0.4, -0.2) is 10.9 Å². The Kier molecular flexibility index (Phi) is 4.72. The molecule has 4 nitrogen and oxygen atoms in total. The fourth-order valence-electron chi connectivity index (χ4n) is 2.74. The Morgan fingerprint density at radius 3 is 2.70 bits per heavy atom. The Morgan fingerprint density at radius 2 is 1.93 bits per heavy atom. The molecule has 0 aliphatic carbocycles. The van der Waals surface area contributed by atoms with Crippen molar-refractivity contribution in [3.8, 4) is 11.5 Å². The molecule has 0 saturated carbocycles. The molecule has 1 amide bonds. The Labute approximate surface area is 169 Å². The van der Waals surface area contributed by atoms with E-state index in [1.807, 2.05) is 31.2 Å². The van der Waals surface area contributed by atoms with E-state index in [1.54, 1.807) is 36.4 Å². The quantitative estimate of drug-likeness (QED) is 0.396. The smallest absolute Gasteiger partial charge is 0.255 e. The average molecular weight is 442 g/mol. The number of amides is 1. The standard InChI is InChI=1S/C21H14BrClN2O2/c1-12-10-13(6-8-17(12)23)20(26)24-14-7-9-19-18(11-14)25-21(27-19)15-4-2-3-5-16(15)22/h2-11H,1H3,(H,24,26). The van der Waals surface area contributed by atoms with Crippen molar-refractivity contribution in [1.82, 2.24) is 4.98 Å². The molecule has 6 heteroatoms. The van der Waals surface area contributed by atoms with Gasteiger partial charge < -0.3 is 9.73 Å². The second kappa shape index (κ2) is 7.18. The summed E-state index contributed by atoms with van der Waals surface area (Å²) in [4.78, 5) is 17.0. The van der Waals surface area contributed by atoms with Crippen molar-refractivity contribution in [3.05, 3.63) is 81.3 Å². The van der Waals surface area contributed by atoms with Gasteiger partial charge in [-0.3, -0.25) is 4.79 Å². The normalized spacial score (nSPS) is 10.9. The minimum Gasteiger partial charge on any atom is -0.436 e. The monoisotopic (exact) mass is 440 g/mol. The van der Waals surface area contributed by atoms with E-state index in [0.717, 1.165) is 15.6 Å². The van der Waals surface area contributed by atoms with Crippen LogP contribution in [0.1, 0.15) is 15.9 Å². The Morgan fingerprint density at radius 1 is 1.11 bits per heavy atom. The summed E-state index contributed by atoms with van der Waals surface area (Å²) in [7, 11) is 0. The topological polar surface area (TPSA) is 55.1 Å². The Bertz CT molecular complexity index is 1170. The van der Waals surface area contributed by atoms with E-state index in [1.165, 1.54) is 0 Å². The number of fused-ring (bicyclic) bond motifs is 1. The number of aryl methyl sites for hydroxylation is 1. The first-order valence-electron chi connectivity index (χ1n) is 8.24. The van der Waals surface area contributed by atoms with Crippen LogP contribution in [-0.2, 0) is 0 Å². The second-order valence-corrected chi connectivity index (χ2v) is 7.36. The molecule has 1 N–H and O–H groups in total. The van der Waals surface area contributed by atoms with Gasteiger partial charge in [0.25, 0.3) is 5.91 Å². The number of hydrogen-bond donors (Lipinski definition) is 1. The summed E-state index contributed by atoms with van der Waals surface area (Å²) in [6.07, 6.45) is 0. The Balaban J connectivity index is 1.62. The first kappa shape index (κ1) is 17.8. The van der Waals surface area contributed by atoms with E-state index in [0.29, 0.717) is 33.3 Å². The summed E-state index contributed by atoms with van der Waals surface area (Å²) in [6.45, 7) is 1.86. The molecule has 0 bridgehead atoms. The van der Waals surface area contributed by atoms with Crippen molar-refractivity contribution in [2.75, 3.05) is 5.32 Å². The molecule has 0 saturated heterocycles. The molecule has 4 rings (SSSR count). The molecule has 0 fully saturated rings. The minimum absolute atomic E-state index is 0.205. The van der Waals surface area contributed by atoms with Crippen LogP contribution < -0.4 is 5.32 Å². The maximum atomic E-state index is 12.5. The Hall–Kier alpha value is -2.63. The number of oxazole rings is 1. The van der Waals surface area contributed by atoms with Gasteiger partial charge in [0.1, 0.15) is 5.52 Å². The third kappa shape index (κ3) is 3.61. The fraction of sp³-hybridized carbons (Fsp3) is 0.0476. The van der Waals surface area contributed by atoms with Crippen LogP contribution in [0.4, 0.5) is 5.69 Å². The lowest BCUT2D eigenvalue weighted by atomic mass is 10.1. The average Bonchev–Trinajstić information content (AvgIpc) is 3.07. The van der Waals surface area contributed by atoms with E-state index >= 15 is 0 Å². The lowest BCUT2D eigenvalue weighted by Crippen LogP contribution is -2.11. The van der Waals surface area contributed by atoms with Crippen LogP contribution in [0, 0.1) is 6.92 Å². The number of nitrogens with zero attached hydrogens (tertiary/aromatic N) is 1. The predicted octanol–water partition coefficient (Wildman–Crippen LogP) is 6.47. The van der Waals surface area contributed by atoms with E-state index < -0.39 is 0 Å². The van der Waals surface area contributed by atoms with Gasteiger partial charge in [-0.25, -0.2) is 4.98 Å². The number of rotatable bonds is 3. The van der Waals surface area contributed by atoms with Gasteiger partial charge in [-0.15, -0.1) is 0 Å². The van der Waals surface area contributed by atoms with Gasteiger partial charge in [-0.1, -0.05) is 23.7 Å². The lowest BCUT2D eigenvalue weighted by molar-refractivity contribution is 0.102. The van der Waals surface area contributed by atoms with Gasteiger partial charge in [-0.05, 0) is 76.9 Å². The number of nitrogens with one attached hydrogen (secondary N) is 1. The first-order valence-corrected chi connectivity index (χ1v) is 9.41. The van der Waals surface area contributed by atoms with Gasteiger partial charge in [0, 0.05) is 20.7 Å². The molecular weight excluding hydrogens is 428 g/mol.